The number of halogens is 2. The van der Waals surface area contributed by atoms with Crippen molar-refractivity contribution < 1.29 is 27.8 Å². The molecular formula is C20H24F2N2O4. The highest BCUT2D eigenvalue weighted by Crippen LogP contribution is 2.38. The Morgan fingerprint density at radius 3 is 2.21 bits per heavy atom. The van der Waals surface area contributed by atoms with E-state index < -0.39 is 11.6 Å². The summed E-state index contributed by atoms with van der Waals surface area (Å²) in [4.78, 5) is 13.8. The van der Waals surface area contributed by atoms with Crippen molar-refractivity contribution >= 4 is 5.91 Å². The average molecular weight is 394 g/mol. The molecule has 0 saturated heterocycles. The van der Waals surface area contributed by atoms with Gasteiger partial charge in [0.05, 0.1) is 27.9 Å². The van der Waals surface area contributed by atoms with Crippen LogP contribution in [0.3, 0.4) is 0 Å². The van der Waals surface area contributed by atoms with Crippen molar-refractivity contribution in [1.29, 1.82) is 0 Å². The summed E-state index contributed by atoms with van der Waals surface area (Å²) in [5.74, 6) is -0.0402. The third kappa shape index (κ3) is 5.56. The van der Waals surface area contributed by atoms with E-state index in [9.17, 15) is 13.6 Å². The Hall–Kier alpha value is -2.87. The smallest absolute Gasteiger partial charge is 0.234 e. The van der Waals surface area contributed by atoms with E-state index in [-0.39, 0.29) is 25.5 Å². The molecular weight excluding hydrogens is 370 g/mol. The summed E-state index contributed by atoms with van der Waals surface area (Å²) in [6.45, 7) is 0.499. The van der Waals surface area contributed by atoms with Crippen LogP contribution in [0.1, 0.15) is 11.1 Å². The minimum atomic E-state index is -0.635. The van der Waals surface area contributed by atoms with Crippen LogP contribution in [-0.4, -0.2) is 45.7 Å². The summed E-state index contributed by atoms with van der Waals surface area (Å²) < 4.78 is 42.5. The molecule has 0 aliphatic rings. The van der Waals surface area contributed by atoms with Crippen LogP contribution >= 0.6 is 0 Å². The van der Waals surface area contributed by atoms with Gasteiger partial charge in [-0.1, -0.05) is 6.07 Å². The Labute approximate surface area is 163 Å². The van der Waals surface area contributed by atoms with Crippen LogP contribution in [0.25, 0.3) is 0 Å². The molecule has 8 heteroatoms. The molecule has 152 valence electrons. The minimum absolute atomic E-state index is 0.0568. The lowest BCUT2D eigenvalue weighted by Crippen LogP contribution is -2.34. The van der Waals surface area contributed by atoms with Crippen molar-refractivity contribution in [3.63, 3.8) is 0 Å². The number of carbonyl (C=O) groups excluding carboxylic acids is 1. The van der Waals surface area contributed by atoms with Gasteiger partial charge in [0, 0.05) is 24.7 Å². The molecule has 2 aromatic rings. The van der Waals surface area contributed by atoms with E-state index in [1.54, 1.807) is 24.1 Å². The molecule has 2 rings (SSSR count). The van der Waals surface area contributed by atoms with E-state index in [0.717, 1.165) is 11.6 Å². The van der Waals surface area contributed by atoms with Gasteiger partial charge < -0.3 is 19.5 Å². The number of benzene rings is 2. The third-order valence-electron chi connectivity index (χ3n) is 4.08. The second-order valence-corrected chi connectivity index (χ2v) is 6.22. The Morgan fingerprint density at radius 2 is 1.68 bits per heavy atom. The lowest BCUT2D eigenvalue weighted by atomic mass is 10.1. The molecule has 0 bridgehead atoms. The van der Waals surface area contributed by atoms with Crippen molar-refractivity contribution in [2.24, 2.45) is 0 Å². The molecule has 6 nitrogen and oxygen atoms in total. The molecule has 0 aliphatic carbocycles. The Morgan fingerprint density at radius 1 is 1.04 bits per heavy atom. The predicted octanol–water partition coefficient (Wildman–Crippen LogP) is 2.74. The number of rotatable bonds is 9. The lowest BCUT2D eigenvalue weighted by Gasteiger charge is -2.17. The summed E-state index contributed by atoms with van der Waals surface area (Å²) in [6.07, 6.45) is 0. The van der Waals surface area contributed by atoms with E-state index in [2.05, 4.69) is 5.32 Å². The third-order valence-corrected chi connectivity index (χ3v) is 4.08. The van der Waals surface area contributed by atoms with Crippen LogP contribution in [0.2, 0.25) is 0 Å². The highest BCUT2D eigenvalue weighted by Gasteiger charge is 2.14. The quantitative estimate of drug-likeness (QED) is 0.709. The number of hydrogen-bond donors (Lipinski definition) is 1. The van der Waals surface area contributed by atoms with Crippen LogP contribution in [0.4, 0.5) is 8.78 Å². The van der Waals surface area contributed by atoms with Gasteiger partial charge in [-0.2, -0.15) is 0 Å². The molecule has 0 saturated carbocycles. The summed E-state index contributed by atoms with van der Waals surface area (Å²) >= 11 is 0. The maximum atomic E-state index is 13.7. The van der Waals surface area contributed by atoms with E-state index in [1.807, 2.05) is 0 Å². The molecule has 0 unspecified atom stereocenters. The fourth-order valence-electron chi connectivity index (χ4n) is 2.74. The molecule has 0 spiro atoms. The van der Waals surface area contributed by atoms with Gasteiger partial charge in [0.2, 0.25) is 11.7 Å². The number of methoxy groups -OCH3 is 3. The first-order valence-corrected chi connectivity index (χ1v) is 8.56. The Bertz CT molecular complexity index is 805. The second kappa shape index (κ2) is 9.89. The number of ether oxygens (including phenoxy) is 3. The normalized spacial score (nSPS) is 10.7. The first-order valence-electron chi connectivity index (χ1n) is 8.56. The first-order chi connectivity index (χ1) is 13.4. The molecule has 2 aromatic carbocycles. The standard InChI is InChI=1S/C20H24F2N2O4/c1-24(11-14-5-6-15(21)9-16(14)22)12-19(25)23-10-13-7-17(26-2)20(28-4)18(8-13)27-3/h5-9H,10-12H2,1-4H3,(H,23,25). The van der Waals surface area contributed by atoms with Crippen LogP contribution in [0.15, 0.2) is 30.3 Å². The number of likely N-dealkylation sites (N-methyl/N-ethyl adjacent to an activating group) is 1. The van der Waals surface area contributed by atoms with Gasteiger partial charge in [-0.25, -0.2) is 8.78 Å². The number of amides is 1. The fourth-order valence-corrected chi connectivity index (χ4v) is 2.74. The predicted molar refractivity (Wildman–Crippen MR) is 101 cm³/mol. The van der Waals surface area contributed by atoms with Crippen LogP contribution in [0.5, 0.6) is 17.2 Å². The zero-order chi connectivity index (χ0) is 20.7. The Kier molecular flexibility index (Phi) is 7.57. The molecule has 0 aromatic heterocycles. The van der Waals surface area contributed by atoms with E-state index >= 15 is 0 Å². The number of nitrogens with one attached hydrogen (secondary N) is 1. The van der Waals surface area contributed by atoms with Crippen LogP contribution < -0.4 is 19.5 Å². The van der Waals surface area contributed by atoms with Crippen molar-refractivity contribution in [1.82, 2.24) is 10.2 Å². The van der Waals surface area contributed by atoms with Crippen LogP contribution in [0, 0.1) is 11.6 Å². The van der Waals surface area contributed by atoms with Gasteiger partial charge in [0.15, 0.2) is 11.5 Å². The second-order valence-electron chi connectivity index (χ2n) is 6.22. The number of carbonyl (C=O) groups is 1. The SMILES string of the molecule is COc1cc(CNC(=O)CN(C)Cc2ccc(F)cc2F)cc(OC)c1OC. The van der Waals surface area contributed by atoms with Gasteiger partial charge in [-0.3, -0.25) is 9.69 Å². The fraction of sp³-hybridized carbons (Fsp3) is 0.350. The van der Waals surface area contributed by atoms with Crippen LogP contribution in [-0.2, 0) is 17.9 Å². The minimum Gasteiger partial charge on any atom is -0.493 e. The first kappa shape index (κ1) is 21.4. The monoisotopic (exact) mass is 394 g/mol. The van der Waals surface area contributed by atoms with Gasteiger partial charge in [0.25, 0.3) is 0 Å². The van der Waals surface area contributed by atoms with Crippen molar-refractivity contribution in [3.8, 4) is 17.2 Å². The molecule has 0 radical (unpaired) electrons. The van der Waals surface area contributed by atoms with E-state index in [1.165, 1.54) is 33.5 Å². The number of nitrogens with zero attached hydrogens (tertiary/aromatic N) is 1. The van der Waals surface area contributed by atoms with Gasteiger partial charge in [0.1, 0.15) is 11.6 Å². The molecule has 28 heavy (non-hydrogen) atoms. The molecule has 1 N–H and O–H groups in total. The average Bonchev–Trinajstić information content (AvgIpc) is 2.67. The van der Waals surface area contributed by atoms with Gasteiger partial charge in [-0.15, -0.1) is 0 Å². The van der Waals surface area contributed by atoms with E-state index in [0.29, 0.717) is 22.8 Å². The summed E-state index contributed by atoms with van der Waals surface area (Å²) in [5, 5.41) is 2.79. The molecule has 0 atom stereocenters. The molecule has 0 aliphatic heterocycles. The van der Waals surface area contributed by atoms with Crippen molar-refractivity contribution in [2.75, 3.05) is 34.9 Å². The summed E-state index contributed by atoms with van der Waals surface area (Å²) in [7, 11) is 6.23. The van der Waals surface area contributed by atoms with Crippen molar-refractivity contribution in [3.05, 3.63) is 53.1 Å². The zero-order valence-corrected chi connectivity index (χ0v) is 16.3. The maximum absolute atomic E-state index is 13.7. The van der Waals surface area contributed by atoms with Crippen molar-refractivity contribution in [2.45, 2.75) is 13.1 Å². The summed E-state index contributed by atoms with van der Waals surface area (Å²) in [5.41, 5.74) is 1.09. The van der Waals surface area contributed by atoms with Gasteiger partial charge in [-0.05, 0) is 30.8 Å². The molecule has 0 heterocycles. The molecule has 1 amide bonds. The largest absolute Gasteiger partial charge is 0.493 e. The highest BCUT2D eigenvalue weighted by molar-refractivity contribution is 5.78. The topological polar surface area (TPSA) is 60.0 Å². The lowest BCUT2D eigenvalue weighted by molar-refractivity contribution is -0.122. The van der Waals surface area contributed by atoms with Gasteiger partial charge >= 0.3 is 0 Å². The zero-order valence-electron chi connectivity index (χ0n) is 16.3. The van der Waals surface area contributed by atoms with E-state index in [4.69, 9.17) is 14.2 Å². The maximum Gasteiger partial charge on any atom is 0.234 e. The Balaban J connectivity index is 1.94. The number of hydrogen-bond acceptors (Lipinski definition) is 5. The summed E-state index contributed by atoms with van der Waals surface area (Å²) in [6, 6.07) is 6.89. The molecule has 0 fully saturated rings. The highest BCUT2D eigenvalue weighted by atomic mass is 19.1.